The summed E-state index contributed by atoms with van der Waals surface area (Å²) in [6, 6.07) is 8.22. The molecule has 4 heteroatoms. The minimum absolute atomic E-state index is 0.000259. The Kier molecular flexibility index (Phi) is 5.33. The first-order chi connectivity index (χ1) is 10.4. The number of rotatable bonds is 4. The van der Waals surface area contributed by atoms with Gasteiger partial charge in [0.2, 0.25) is 0 Å². The predicted octanol–water partition coefficient (Wildman–Crippen LogP) is 3.90. The topological polar surface area (TPSA) is 41.6 Å². The molecule has 1 aliphatic rings. The van der Waals surface area contributed by atoms with Crippen molar-refractivity contribution < 1.29 is 9.53 Å². The summed E-state index contributed by atoms with van der Waals surface area (Å²) in [5.74, 6) is 0.806. The van der Waals surface area contributed by atoms with Crippen LogP contribution < -0.4 is 10.1 Å². The first-order valence-corrected chi connectivity index (χ1v) is 8.13. The smallest absolute Gasteiger partial charge is 0.318 e. The number of benzene rings is 1. The van der Waals surface area contributed by atoms with Crippen molar-refractivity contribution in [1.82, 2.24) is 10.2 Å². The Morgan fingerprint density at radius 2 is 1.95 bits per heavy atom. The Labute approximate surface area is 133 Å². The zero-order valence-corrected chi connectivity index (χ0v) is 14.2. The van der Waals surface area contributed by atoms with E-state index < -0.39 is 5.54 Å². The minimum atomic E-state index is -0.436. The maximum absolute atomic E-state index is 12.6. The highest BCUT2D eigenvalue weighted by molar-refractivity contribution is 5.75. The molecule has 2 amide bonds. The quantitative estimate of drug-likeness (QED) is 0.916. The van der Waals surface area contributed by atoms with Crippen LogP contribution in [0.25, 0.3) is 0 Å². The summed E-state index contributed by atoms with van der Waals surface area (Å²) in [5.41, 5.74) is 0.603. The van der Waals surface area contributed by atoms with Crippen molar-refractivity contribution in [1.29, 1.82) is 0 Å². The second-order valence-electron chi connectivity index (χ2n) is 6.69. The highest BCUT2D eigenvalue weighted by Gasteiger charge is 2.28. The van der Waals surface area contributed by atoms with E-state index in [4.69, 9.17) is 4.74 Å². The van der Waals surface area contributed by atoms with E-state index in [9.17, 15) is 4.79 Å². The van der Waals surface area contributed by atoms with E-state index in [-0.39, 0.29) is 6.03 Å². The Bertz CT molecular complexity index is 508. The lowest BCUT2D eigenvalue weighted by molar-refractivity contribution is 0.164. The molecule has 1 aromatic carbocycles. The van der Waals surface area contributed by atoms with E-state index in [2.05, 4.69) is 5.32 Å². The van der Waals surface area contributed by atoms with Crippen molar-refractivity contribution in [3.63, 3.8) is 0 Å². The second kappa shape index (κ2) is 7.03. The van der Waals surface area contributed by atoms with Crippen LogP contribution in [0.4, 0.5) is 4.79 Å². The Balaban J connectivity index is 2.04. The van der Waals surface area contributed by atoms with Gasteiger partial charge in [-0.3, -0.25) is 0 Å². The van der Waals surface area contributed by atoms with Gasteiger partial charge in [-0.25, -0.2) is 4.79 Å². The molecule has 0 heterocycles. The van der Waals surface area contributed by atoms with Gasteiger partial charge < -0.3 is 15.0 Å². The van der Waals surface area contributed by atoms with Gasteiger partial charge in [0.05, 0.1) is 12.6 Å². The van der Waals surface area contributed by atoms with E-state index in [1.807, 2.05) is 50.1 Å². The lowest BCUT2D eigenvalue weighted by Gasteiger charge is -2.35. The van der Waals surface area contributed by atoms with Gasteiger partial charge in [0, 0.05) is 13.1 Å². The summed E-state index contributed by atoms with van der Waals surface area (Å²) >= 11 is 0. The Morgan fingerprint density at radius 1 is 1.27 bits per heavy atom. The highest BCUT2D eigenvalue weighted by Crippen LogP contribution is 2.26. The number of nitrogens with zero attached hydrogens (tertiary/aromatic N) is 1. The summed E-state index contributed by atoms with van der Waals surface area (Å²) in [6.45, 7) is 4.04. The molecule has 0 aromatic heterocycles. The molecule has 1 saturated carbocycles. The number of hydrogen-bond acceptors (Lipinski definition) is 2. The first-order valence-electron chi connectivity index (χ1n) is 8.13. The van der Waals surface area contributed by atoms with Crippen LogP contribution in [0.5, 0.6) is 5.75 Å². The second-order valence-corrected chi connectivity index (χ2v) is 6.69. The summed E-state index contributed by atoms with van der Waals surface area (Å²) < 4.78 is 5.27. The summed E-state index contributed by atoms with van der Waals surface area (Å²) in [5, 5.41) is 3.15. The fraction of sp³-hybridized carbons (Fsp3) is 0.611. The first kappa shape index (κ1) is 16.7. The molecular formula is C18H28N2O2. The number of urea groups is 1. The molecule has 1 aliphatic carbocycles. The van der Waals surface area contributed by atoms with Crippen LogP contribution in [0, 0.1) is 0 Å². The average Bonchev–Trinajstić information content (AvgIpc) is 2.54. The fourth-order valence-corrected chi connectivity index (χ4v) is 3.07. The fourth-order valence-electron chi connectivity index (χ4n) is 3.07. The van der Waals surface area contributed by atoms with Crippen LogP contribution in [0.15, 0.2) is 24.3 Å². The van der Waals surface area contributed by atoms with Gasteiger partial charge in [0.15, 0.2) is 0 Å². The molecule has 0 saturated heterocycles. The molecule has 22 heavy (non-hydrogen) atoms. The van der Waals surface area contributed by atoms with Gasteiger partial charge in [-0.1, -0.05) is 31.4 Å². The van der Waals surface area contributed by atoms with E-state index in [0.717, 1.165) is 24.2 Å². The van der Waals surface area contributed by atoms with Crippen molar-refractivity contribution >= 4 is 6.03 Å². The van der Waals surface area contributed by atoms with Crippen LogP contribution >= 0.6 is 0 Å². The van der Waals surface area contributed by atoms with Crippen molar-refractivity contribution in [3.8, 4) is 5.75 Å². The zero-order chi connectivity index (χ0) is 16.2. The summed E-state index contributed by atoms with van der Waals surface area (Å²) in [7, 11) is 3.56. The Morgan fingerprint density at radius 3 is 2.59 bits per heavy atom. The van der Waals surface area contributed by atoms with Crippen LogP contribution in [0.3, 0.4) is 0 Å². The molecule has 122 valence electrons. The van der Waals surface area contributed by atoms with Crippen molar-refractivity contribution in [2.75, 3.05) is 14.2 Å². The lowest BCUT2D eigenvalue weighted by Crippen LogP contribution is -2.50. The molecule has 1 N–H and O–H groups in total. The third-order valence-corrected chi connectivity index (χ3v) is 4.65. The number of methoxy groups -OCH3 is 1. The number of carbonyl (C=O) groups is 1. The number of hydrogen-bond donors (Lipinski definition) is 1. The molecule has 4 nitrogen and oxygen atoms in total. The van der Waals surface area contributed by atoms with Crippen molar-refractivity contribution in [2.24, 2.45) is 0 Å². The van der Waals surface area contributed by atoms with Crippen molar-refractivity contribution in [2.45, 2.75) is 57.5 Å². The van der Waals surface area contributed by atoms with Gasteiger partial charge in [-0.05, 0) is 44.4 Å². The number of nitrogens with one attached hydrogen (secondary N) is 1. The van der Waals surface area contributed by atoms with Crippen LogP contribution in [-0.4, -0.2) is 31.1 Å². The average molecular weight is 304 g/mol. The molecule has 0 atom stereocenters. The monoisotopic (exact) mass is 304 g/mol. The van der Waals surface area contributed by atoms with Gasteiger partial charge in [-0.15, -0.1) is 0 Å². The molecule has 0 unspecified atom stereocenters. The largest absolute Gasteiger partial charge is 0.497 e. The zero-order valence-electron chi connectivity index (χ0n) is 14.2. The summed E-state index contributed by atoms with van der Waals surface area (Å²) in [4.78, 5) is 14.4. The van der Waals surface area contributed by atoms with Crippen LogP contribution in [0.1, 0.15) is 51.5 Å². The maximum Gasteiger partial charge on any atom is 0.318 e. The molecule has 1 fully saturated rings. The molecule has 0 radical (unpaired) electrons. The number of amides is 2. The highest BCUT2D eigenvalue weighted by atomic mass is 16.5. The van der Waals surface area contributed by atoms with Gasteiger partial charge in [0.25, 0.3) is 0 Å². The van der Waals surface area contributed by atoms with E-state index in [0.29, 0.717) is 6.04 Å². The maximum atomic E-state index is 12.6. The SMILES string of the molecule is COc1cccc(C(C)(C)NC(=O)N(C)C2CCCCC2)c1. The number of carbonyl (C=O) groups excluding carboxylic acids is 1. The van der Waals surface area contributed by atoms with Gasteiger partial charge >= 0.3 is 6.03 Å². The molecule has 0 spiro atoms. The van der Waals surface area contributed by atoms with E-state index in [1.54, 1.807) is 7.11 Å². The van der Waals surface area contributed by atoms with E-state index >= 15 is 0 Å². The molecule has 0 bridgehead atoms. The van der Waals surface area contributed by atoms with E-state index in [1.165, 1.54) is 19.3 Å². The van der Waals surface area contributed by atoms with Crippen molar-refractivity contribution in [3.05, 3.63) is 29.8 Å². The molecule has 0 aliphatic heterocycles. The third kappa shape index (κ3) is 3.93. The van der Waals surface area contributed by atoms with Crippen LogP contribution in [-0.2, 0) is 5.54 Å². The van der Waals surface area contributed by atoms with Gasteiger partial charge in [-0.2, -0.15) is 0 Å². The predicted molar refractivity (Wildman–Crippen MR) is 89.2 cm³/mol. The third-order valence-electron chi connectivity index (χ3n) is 4.65. The summed E-state index contributed by atoms with van der Waals surface area (Å²) in [6.07, 6.45) is 5.97. The minimum Gasteiger partial charge on any atom is -0.497 e. The normalized spacial score (nSPS) is 16.2. The molecular weight excluding hydrogens is 276 g/mol. The number of ether oxygens (including phenoxy) is 1. The Hall–Kier alpha value is -1.71. The molecule has 2 rings (SSSR count). The molecule has 1 aromatic rings. The van der Waals surface area contributed by atoms with Crippen LogP contribution in [0.2, 0.25) is 0 Å². The standard InChI is InChI=1S/C18H28N2O2/c1-18(2,14-9-8-12-16(13-14)22-4)19-17(21)20(3)15-10-6-5-7-11-15/h8-9,12-13,15H,5-7,10-11H2,1-4H3,(H,19,21). The lowest BCUT2D eigenvalue weighted by atomic mass is 9.93. The van der Waals surface area contributed by atoms with Gasteiger partial charge in [0.1, 0.15) is 5.75 Å².